The molecule has 0 unspecified atom stereocenters. The highest BCUT2D eigenvalue weighted by atomic mass is 79.9. The van der Waals surface area contributed by atoms with E-state index in [0.29, 0.717) is 15.9 Å². The van der Waals surface area contributed by atoms with E-state index < -0.39 is 0 Å². The van der Waals surface area contributed by atoms with Crippen LogP contribution in [-0.4, -0.2) is 15.1 Å². The van der Waals surface area contributed by atoms with Gasteiger partial charge in [0.05, 0.1) is 0 Å². The van der Waals surface area contributed by atoms with E-state index in [0.717, 1.165) is 5.39 Å². The van der Waals surface area contributed by atoms with Crippen LogP contribution < -0.4 is 0 Å². The summed E-state index contributed by atoms with van der Waals surface area (Å²) in [4.78, 5) is 8.28. The Morgan fingerprint density at radius 3 is 2.85 bits per heavy atom. The summed E-state index contributed by atoms with van der Waals surface area (Å²) in [5.74, 6) is 0.824. The van der Waals surface area contributed by atoms with Crippen LogP contribution >= 0.6 is 15.9 Å². The van der Waals surface area contributed by atoms with Gasteiger partial charge in [0.15, 0.2) is 0 Å². The highest BCUT2D eigenvalue weighted by Gasteiger charge is 2.05. The molecule has 0 atom stereocenters. The van der Waals surface area contributed by atoms with E-state index in [1.165, 1.54) is 0 Å². The zero-order valence-corrected chi connectivity index (χ0v) is 8.54. The summed E-state index contributed by atoms with van der Waals surface area (Å²) in [5.41, 5.74) is 0.585. The molecule has 1 N–H and O–H groups in total. The van der Waals surface area contributed by atoms with Gasteiger partial charge in [-0.3, -0.25) is 0 Å². The predicted molar refractivity (Wildman–Crippen MR) is 53.6 cm³/mol. The topological polar surface area (TPSA) is 46.0 Å². The van der Waals surface area contributed by atoms with Gasteiger partial charge in [0.2, 0.25) is 0 Å². The van der Waals surface area contributed by atoms with E-state index in [1.807, 2.05) is 6.07 Å². The second-order valence-electron chi connectivity index (χ2n) is 2.73. The minimum Gasteiger partial charge on any atom is -0.506 e. The molecular weight excluding hydrogens is 232 g/mol. The largest absolute Gasteiger partial charge is 0.506 e. The van der Waals surface area contributed by atoms with Crippen molar-refractivity contribution in [3.05, 3.63) is 28.6 Å². The minimum atomic E-state index is 0.184. The second kappa shape index (κ2) is 2.96. The molecule has 0 radical (unpaired) electrons. The van der Waals surface area contributed by atoms with Crippen LogP contribution in [0.2, 0.25) is 0 Å². The van der Waals surface area contributed by atoms with Gasteiger partial charge in [-0.05, 0) is 35.0 Å². The molecule has 13 heavy (non-hydrogen) atoms. The maximum atomic E-state index is 9.51. The first-order valence-electron chi connectivity index (χ1n) is 3.80. The number of nitrogens with zero attached hydrogens (tertiary/aromatic N) is 2. The molecule has 2 rings (SSSR count). The van der Waals surface area contributed by atoms with E-state index >= 15 is 0 Å². The number of rotatable bonds is 0. The van der Waals surface area contributed by atoms with Crippen molar-refractivity contribution in [2.24, 2.45) is 0 Å². The molecule has 1 aromatic heterocycles. The number of fused-ring (bicyclic) bond motifs is 1. The SMILES string of the molecule is Cc1nc(Br)c2cccc(O)c2n1. The van der Waals surface area contributed by atoms with Crippen molar-refractivity contribution in [2.45, 2.75) is 6.92 Å². The molecule has 0 aliphatic rings. The number of aromatic hydroxyl groups is 1. The second-order valence-corrected chi connectivity index (χ2v) is 3.49. The fraction of sp³-hybridized carbons (Fsp3) is 0.111. The first-order valence-corrected chi connectivity index (χ1v) is 4.59. The van der Waals surface area contributed by atoms with Crippen LogP contribution in [0.4, 0.5) is 0 Å². The lowest BCUT2D eigenvalue weighted by molar-refractivity contribution is 0.480. The average molecular weight is 239 g/mol. The summed E-state index contributed by atoms with van der Waals surface area (Å²) in [6, 6.07) is 5.24. The summed E-state index contributed by atoms with van der Waals surface area (Å²) in [5, 5.41) is 10.3. The molecule has 1 aromatic carbocycles. The van der Waals surface area contributed by atoms with Crippen LogP contribution in [0.3, 0.4) is 0 Å². The maximum absolute atomic E-state index is 9.51. The first-order chi connectivity index (χ1) is 6.18. The molecular formula is C9H7BrN2O. The number of phenols is 1. The smallest absolute Gasteiger partial charge is 0.141 e. The number of hydrogen-bond donors (Lipinski definition) is 1. The molecule has 0 aliphatic carbocycles. The van der Waals surface area contributed by atoms with Crippen molar-refractivity contribution in [1.29, 1.82) is 0 Å². The molecule has 0 bridgehead atoms. The van der Waals surface area contributed by atoms with Crippen molar-refractivity contribution in [3.8, 4) is 5.75 Å². The Bertz CT molecular complexity index is 470. The predicted octanol–water partition coefficient (Wildman–Crippen LogP) is 2.41. The number of benzene rings is 1. The molecule has 0 saturated heterocycles. The maximum Gasteiger partial charge on any atom is 0.141 e. The van der Waals surface area contributed by atoms with Crippen molar-refractivity contribution < 1.29 is 5.11 Å². The zero-order valence-electron chi connectivity index (χ0n) is 6.95. The van der Waals surface area contributed by atoms with Crippen LogP contribution in [0.5, 0.6) is 5.75 Å². The number of aryl methyl sites for hydroxylation is 1. The van der Waals surface area contributed by atoms with Crippen LogP contribution in [0.25, 0.3) is 10.9 Å². The third-order valence-electron chi connectivity index (χ3n) is 1.77. The minimum absolute atomic E-state index is 0.184. The van der Waals surface area contributed by atoms with Crippen LogP contribution in [0.1, 0.15) is 5.82 Å². The summed E-state index contributed by atoms with van der Waals surface area (Å²) >= 11 is 3.32. The lowest BCUT2D eigenvalue weighted by Gasteiger charge is -2.02. The molecule has 0 aliphatic heterocycles. The van der Waals surface area contributed by atoms with E-state index in [2.05, 4.69) is 25.9 Å². The zero-order chi connectivity index (χ0) is 9.42. The van der Waals surface area contributed by atoms with Gasteiger partial charge < -0.3 is 5.11 Å². The van der Waals surface area contributed by atoms with Crippen molar-refractivity contribution in [2.75, 3.05) is 0 Å². The van der Waals surface area contributed by atoms with Crippen LogP contribution in [0, 0.1) is 6.92 Å². The first kappa shape index (κ1) is 8.44. The fourth-order valence-corrected chi connectivity index (χ4v) is 1.78. The van der Waals surface area contributed by atoms with E-state index in [9.17, 15) is 5.11 Å². The Morgan fingerprint density at radius 2 is 2.08 bits per heavy atom. The Kier molecular flexibility index (Phi) is 1.92. The van der Waals surface area contributed by atoms with Crippen molar-refractivity contribution in [3.63, 3.8) is 0 Å². The monoisotopic (exact) mass is 238 g/mol. The number of phenolic OH excluding ortho intramolecular Hbond substituents is 1. The third kappa shape index (κ3) is 1.37. The van der Waals surface area contributed by atoms with Crippen LogP contribution in [-0.2, 0) is 0 Å². The molecule has 3 nitrogen and oxygen atoms in total. The van der Waals surface area contributed by atoms with Gasteiger partial charge in [0, 0.05) is 5.39 Å². The Balaban J connectivity index is 2.94. The van der Waals surface area contributed by atoms with Gasteiger partial charge >= 0.3 is 0 Å². The molecule has 2 aromatic rings. The van der Waals surface area contributed by atoms with Gasteiger partial charge in [0.1, 0.15) is 21.7 Å². The van der Waals surface area contributed by atoms with E-state index in [4.69, 9.17) is 0 Å². The van der Waals surface area contributed by atoms with Crippen molar-refractivity contribution in [1.82, 2.24) is 9.97 Å². The molecule has 4 heteroatoms. The van der Waals surface area contributed by atoms with Gasteiger partial charge in [-0.2, -0.15) is 0 Å². The quantitative estimate of drug-likeness (QED) is 0.718. The van der Waals surface area contributed by atoms with Gasteiger partial charge in [0.25, 0.3) is 0 Å². The molecule has 1 heterocycles. The average Bonchev–Trinajstić information content (AvgIpc) is 2.07. The summed E-state index contributed by atoms with van der Waals surface area (Å²) < 4.78 is 0.714. The van der Waals surface area contributed by atoms with E-state index in [-0.39, 0.29) is 5.75 Å². The van der Waals surface area contributed by atoms with Gasteiger partial charge in [-0.1, -0.05) is 6.07 Å². The third-order valence-corrected chi connectivity index (χ3v) is 2.38. The lowest BCUT2D eigenvalue weighted by atomic mass is 10.2. The van der Waals surface area contributed by atoms with Crippen molar-refractivity contribution >= 4 is 26.8 Å². The van der Waals surface area contributed by atoms with Crippen LogP contribution in [0.15, 0.2) is 22.8 Å². The normalized spacial score (nSPS) is 10.6. The molecule has 0 amide bonds. The van der Waals surface area contributed by atoms with Gasteiger partial charge in [-0.25, -0.2) is 9.97 Å². The van der Waals surface area contributed by atoms with Gasteiger partial charge in [-0.15, -0.1) is 0 Å². The molecule has 0 fully saturated rings. The Labute approximate surface area is 83.6 Å². The Morgan fingerprint density at radius 1 is 1.31 bits per heavy atom. The highest BCUT2D eigenvalue weighted by Crippen LogP contribution is 2.26. The number of para-hydroxylation sites is 1. The molecule has 0 saturated carbocycles. The number of hydrogen-bond acceptors (Lipinski definition) is 3. The van der Waals surface area contributed by atoms with E-state index in [1.54, 1.807) is 19.1 Å². The standard InChI is InChI=1S/C9H7BrN2O/c1-5-11-8-6(9(10)12-5)3-2-4-7(8)13/h2-4,13H,1H3. The number of aromatic nitrogens is 2. The summed E-state index contributed by atoms with van der Waals surface area (Å²) in [7, 11) is 0. The number of halogens is 1. The highest BCUT2D eigenvalue weighted by molar-refractivity contribution is 9.10. The molecule has 0 spiro atoms. The molecule has 66 valence electrons. The lowest BCUT2D eigenvalue weighted by Crippen LogP contribution is -1.90. The fourth-order valence-electron chi connectivity index (χ4n) is 1.20. The summed E-state index contributed by atoms with van der Waals surface area (Å²) in [6.45, 7) is 1.79. The Hall–Kier alpha value is -1.16. The summed E-state index contributed by atoms with van der Waals surface area (Å²) in [6.07, 6.45) is 0.